The van der Waals surface area contributed by atoms with Crippen molar-refractivity contribution in [3.8, 4) is 34.4 Å². The average molecular weight is 711 g/mol. The van der Waals surface area contributed by atoms with Crippen LogP contribution in [0, 0.1) is 23.7 Å². The quantitative estimate of drug-likeness (QED) is 0.111. The Morgan fingerprint density at radius 3 is 1.23 bits per heavy atom. The molecule has 2 aromatic heterocycles. The van der Waals surface area contributed by atoms with E-state index in [2.05, 4.69) is 62.5 Å². The minimum atomic E-state index is -0.750. The molecule has 0 saturated carbocycles. The highest BCUT2D eigenvalue weighted by Gasteiger charge is 2.28. The average Bonchev–Trinajstić information content (AvgIpc) is 3.83. The summed E-state index contributed by atoms with van der Waals surface area (Å²) in [5.74, 6) is 6.59. The number of carbonyl (C=O) groups is 4. The second-order valence-electron chi connectivity index (χ2n) is 12.9. The number of nitrogens with zero attached hydrogens (tertiary/aromatic N) is 2. The zero-order valence-corrected chi connectivity index (χ0v) is 30.6. The van der Waals surface area contributed by atoms with Crippen molar-refractivity contribution in [3.63, 3.8) is 0 Å². The lowest BCUT2D eigenvalue weighted by Gasteiger charge is -2.22. The number of methoxy groups -OCH3 is 2. The summed E-state index contributed by atoms with van der Waals surface area (Å²) in [4.78, 5) is 64.4. The molecule has 0 fully saturated rings. The van der Waals surface area contributed by atoms with Crippen LogP contribution in [-0.4, -0.2) is 70.2 Å². The Kier molecular flexibility index (Phi) is 13.2. The van der Waals surface area contributed by atoms with Gasteiger partial charge >= 0.3 is 12.2 Å². The van der Waals surface area contributed by atoms with Gasteiger partial charge in [0, 0.05) is 11.1 Å². The summed E-state index contributed by atoms with van der Waals surface area (Å²) in [6, 6.07) is 13.1. The minimum absolute atomic E-state index is 0.142. The maximum absolute atomic E-state index is 12.8. The van der Waals surface area contributed by atoms with Gasteiger partial charge in [-0.1, -0.05) is 63.8 Å². The van der Waals surface area contributed by atoms with Crippen molar-refractivity contribution in [1.82, 2.24) is 41.2 Å². The zero-order valence-electron chi connectivity index (χ0n) is 30.6. The maximum atomic E-state index is 12.8. The Morgan fingerprint density at radius 2 is 0.923 bits per heavy atom. The molecule has 0 spiro atoms. The van der Waals surface area contributed by atoms with Crippen molar-refractivity contribution in [2.24, 2.45) is 11.8 Å². The molecular weight excluding hydrogens is 664 g/mol. The molecule has 6 N–H and O–H groups in total. The first-order valence-corrected chi connectivity index (χ1v) is 16.9. The highest BCUT2D eigenvalue weighted by atomic mass is 16.5. The second kappa shape index (κ2) is 17.7. The molecule has 0 aliphatic heterocycles. The van der Waals surface area contributed by atoms with E-state index in [0.717, 1.165) is 33.6 Å². The van der Waals surface area contributed by atoms with E-state index in [4.69, 9.17) is 0 Å². The number of benzene rings is 2. The molecule has 4 aromatic rings. The first-order chi connectivity index (χ1) is 24.8. The molecule has 4 rings (SSSR count). The number of rotatable bonds is 12. The van der Waals surface area contributed by atoms with E-state index >= 15 is 0 Å². The molecule has 274 valence electrons. The van der Waals surface area contributed by atoms with Gasteiger partial charge in [0.1, 0.15) is 23.7 Å². The van der Waals surface area contributed by atoms with E-state index in [1.54, 1.807) is 12.4 Å². The topological polar surface area (TPSA) is 192 Å². The van der Waals surface area contributed by atoms with Crippen LogP contribution in [0.2, 0.25) is 0 Å². The summed E-state index contributed by atoms with van der Waals surface area (Å²) in [7, 11) is 2.50. The van der Waals surface area contributed by atoms with Gasteiger partial charge in [-0.25, -0.2) is 19.6 Å². The summed E-state index contributed by atoms with van der Waals surface area (Å²) >= 11 is 0. The Labute approximate surface area is 303 Å². The number of nitrogens with one attached hydrogen (secondary N) is 6. The van der Waals surface area contributed by atoms with Crippen molar-refractivity contribution in [1.29, 1.82) is 0 Å². The van der Waals surface area contributed by atoms with Gasteiger partial charge in [-0.05, 0) is 61.1 Å². The summed E-state index contributed by atoms with van der Waals surface area (Å²) in [6.45, 7) is 11.0. The number of imidazole rings is 2. The number of hydrogen-bond acceptors (Lipinski definition) is 8. The van der Waals surface area contributed by atoms with E-state index in [1.807, 2.05) is 90.1 Å². The molecule has 0 aliphatic carbocycles. The Hall–Kier alpha value is -6.10. The van der Waals surface area contributed by atoms with E-state index < -0.39 is 36.4 Å². The fourth-order valence-corrected chi connectivity index (χ4v) is 5.20. The SMILES string of the molecule is COC(=O)N[C@H](C(=O)N[C@@H](C)c1ncc(-c2ccc(C#Cc3ccc(-c4cnc([C@H](C)NC(=O)[C@@H](NC(=O)OC)C(C)C)[nH]4)cc3)cc2)[nH]1)C(C)C. The largest absolute Gasteiger partial charge is 0.453 e. The van der Waals surface area contributed by atoms with Crippen LogP contribution in [0.1, 0.15) is 76.4 Å². The number of alkyl carbamates (subject to hydrolysis) is 2. The van der Waals surface area contributed by atoms with Gasteiger partial charge < -0.3 is 40.7 Å². The molecule has 0 radical (unpaired) electrons. The number of aromatic nitrogens is 4. The summed E-state index contributed by atoms with van der Waals surface area (Å²) in [5.41, 5.74) is 5.06. The molecule has 0 aliphatic rings. The van der Waals surface area contributed by atoms with Crippen LogP contribution in [0.3, 0.4) is 0 Å². The molecule has 4 amide bonds. The van der Waals surface area contributed by atoms with Crippen LogP contribution in [0.25, 0.3) is 22.5 Å². The predicted molar refractivity (Wildman–Crippen MR) is 195 cm³/mol. The van der Waals surface area contributed by atoms with Gasteiger partial charge in [0.25, 0.3) is 0 Å². The van der Waals surface area contributed by atoms with Crippen LogP contribution >= 0.6 is 0 Å². The van der Waals surface area contributed by atoms with Crippen LogP contribution in [0.5, 0.6) is 0 Å². The summed E-state index contributed by atoms with van der Waals surface area (Å²) in [6.07, 6.45) is 2.08. The van der Waals surface area contributed by atoms with E-state index in [-0.39, 0.29) is 23.7 Å². The van der Waals surface area contributed by atoms with Crippen LogP contribution in [0.4, 0.5) is 9.59 Å². The molecule has 0 bridgehead atoms. The zero-order chi connectivity index (χ0) is 37.9. The lowest BCUT2D eigenvalue weighted by atomic mass is 10.0. The van der Waals surface area contributed by atoms with Gasteiger partial charge in [-0.15, -0.1) is 0 Å². The number of hydrogen-bond donors (Lipinski definition) is 6. The van der Waals surface area contributed by atoms with Crippen molar-refractivity contribution in [3.05, 3.63) is 83.7 Å². The minimum Gasteiger partial charge on any atom is -0.453 e. The normalized spacial score (nSPS) is 13.2. The summed E-state index contributed by atoms with van der Waals surface area (Å²) in [5, 5.41) is 10.9. The van der Waals surface area contributed by atoms with Crippen LogP contribution in [-0.2, 0) is 19.1 Å². The molecule has 2 aromatic carbocycles. The third kappa shape index (κ3) is 10.2. The Morgan fingerprint density at radius 1 is 0.577 bits per heavy atom. The van der Waals surface area contributed by atoms with Crippen molar-refractivity contribution >= 4 is 24.0 Å². The third-order valence-electron chi connectivity index (χ3n) is 8.29. The number of ether oxygens (including phenoxy) is 2. The second-order valence-corrected chi connectivity index (χ2v) is 12.9. The molecule has 14 nitrogen and oxygen atoms in total. The van der Waals surface area contributed by atoms with Crippen molar-refractivity contribution in [2.75, 3.05) is 14.2 Å². The third-order valence-corrected chi connectivity index (χ3v) is 8.29. The van der Waals surface area contributed by atoms with Crippen molar-refractivity contribution < 1.29 is 28.7 Å². The molecule has 2 heterocycles. The Balaban J connectivity index is 1.34. The van der Waals surface area contributed by atoms with Gasteiger partial charge in [-0.2, -0.15) is 0 Å². The van der Waals surface area contributed by atoms with Gasteiger partial charge in [0.15, 0.2) is 0 Å². The van der Waals surface area contributed by atoms with E-state index in [0.29, 0.717) is 11.6 Å². The van der Waals surface area contributed by atoms with E-state index in [1.165, 1.54) is 14.2 Å². The number of aromatic amines is 2. The highest BCUT2D eigenvalue weighted by molar-refractivity contribution is 5.86. The fourth-order valence-electron chi connectivity index (χ4n) is 5.20. The maximum Gasteiger partial charge on any atom is 0.407 e. The number of amides is 4. The molecule has 0 saturated heterocycles. The highest BCUT2D eigenvalue weighted by Crippen LogP contribution is 2.22. The molecular formula is C38H46N8O6. The fraction of sp³-hybridized carbons (Fsp3) is 0.368. The smallest absolute Gasteiger partial charge is 0.407 e. The first kappa shape index (κ1) is 38.7. The molecule has 52 heavy (non-hydrogen) atoms. The Bertz CT molecular complexity index is 1770. The van der Waals surface area contributed by atoms with E-state index in [9.17, 15) is 19.2 Å². The van der Waals surface area contributed by atoms with Crippen LogP contribution < -0.4 is 21.3 Å². The molecule has 14 heteroatoms. The van der Waals surface area contributed by atoms with Crippen molar-refractivity contribution in [2.45, 2.75) is 65.7 Å². The number of carbonyl (C=O) groups excluding carboxylic acids is 4. The lowest BCUT2D eigenvalue weighted by Crippen LogP contribution is -2.50. The van der Waals surface area contributed by atoms with Gasteiger partial charge in [0.2, 0.25) is 11.8 Å². The predicted octanol–water partition coefficient (Wildman–Crippen LogP) is 4.98. The lowest BCUT2D eigenvalue weighted by molar-refractivity contribution is -0.125. The summed E-state index contributed by atoms with van der Waals surface area (Å²) < 4.78 is 9.29. The monoisotopic (exact) mass is 710 g/mol. The number of H-pyrrole nitrogens is 2. The molecule has 4 atom stereocenters. The molecule has 0 unspecified atom stereocenters. The first-order valence-electron chi connectivity index (χ1n) is 16.9. The van der Waals surface area contributed by atoms with Crippen LogP contribution in [0.15, 0.2) is 60.9 Å². The standard InChI is InChI=1S/C38H46N8O6/c1-21(2)31(45-37(49)51-7)35(47)41-23(5)33-39-19-29(43-33)27-15-11-25(12-16-27)9-10-26-13-17-28(18-14-26)30-20-40-34(44-30)24(6)42-36(48)32(22(3)4)46-38(50)52-8/h11-24,31-32H,1-8H3,(H,39,43)(H,40,44)(H,41,47)(H,42,48)(H,45,49)(H,46,50)/t23-,24-,31-,32-/m0/s1. The van der Waals surface area contributed by atoms with Gasteiger partial charge in [-0.3, -0.25) is 9.59 Å². The van der Waals surface area contributed by atoms with Gasteiger partial charge in [0.05, 0.1) is 50.1 Å².